The molecular formula is C11H13N5O. The molecule has 17 heavy (non-hydrogen) atoms. The summed E-state index contributed by atoms with van der Waals surface area (Å²) in [5.41, 5.74) is 8.01. The minimum atomic E-state index is 0.00374. The highest BCUT2D eigenvalue weighted by atomic mass is 16.4. The molecule has 0 saturated carbocycles. The van der Waals surface area contributed by atoms with E-state index in [9.17, 15) is 0 Å². The number of aromatic nitrogens is 3. The van der Waals surface area contributed by atoms with Crippen molar-refractivity contribution in [3.05, 3.63) is 47.5 Å². The van der Waals surface area contributed by atoms with Crippen molar-refractivity contribution < 1.29 is 5.21 Å². The molecule has 0 atom stereocenters. The van der Waals surface area contributed by atoms with Gasteiger partial charge in [0.15, 0.2) is 5.84 Å². The zero-order chi connectivity index (χ0) is 12.3. The van der Waals surface area contributed by atoms with Crippen LogP contribution in [-0.4, -0.2) is 25.8 Å². The Hall–Kier alpha value is -2.37. The van der Waals surface area contributed by atoms with Gasteiger partial charge in [-0.25, -0.2) is 0 Å². The smallest absolute Gasteiger partial charge is 0.188 e. The molecular weight excluding hydrogens is 218 g/mol. The summed E-state index contributed by atoms with van der Waals surface area (Å²) in [6.45, 7) is 2.62. The molecule has 88 valence electrons. The van der Waals surface area contributed by atoms with Crippen LogP contribution in [-0.2, 0) is 6.54 Å². The average Bonchev–Trinajstić information content (AvgIpc) is 2.74. The highest BCUT2D eigenvalue weighted by Gasteiger charge is 2.04. The largest absolute Gasteiger partial charge is 0.409 e. The molecule has 0 saturated heterocycles. The number of hydrogen-bond donors (Lipinski definition) is 2. The summed E-state index contributed by atoms with van der Waals surface area (Å²) < 4.78 is 1.87. The Morgan fingerprint density at radius 1 is 1.47 bits per heavy atom. The second-order valence-electron chi connectivity index (χ2n) is 3.66. The molecule has 0 aliphatic rings. The standard InChI is InChI=1S/C11H13N5O/c1-8-2-5-14-16(8)7-9-3-4-13-10(6-9)11(12)15-17/h2-6,17H,7H2,1H3,(H2,12,15). The first-order valence-corrected chi connectivity index (χ1v) is 5.12. The Kier molecular flexibility index (Phi) is 3.04. The van der Waals surface area contributed by atoms with E-state index in [0.717, 1.165) is 11.3 Å². The van der Waals surface area contributed by atoms with Gasteiger partial charge in [0.1, 0.15) is 5.69 Å². The first-order valence-electron chi connectivity index (χ1n) is 5.12. The fourth-order valence-corrected chi connectivity index (χ4v) is 1.50. The number of pyridine rings is 1. The van der Waals surface area contributed by atoms with Crippen LogP contribution in [0.2, 0.25) is 0 Å². The summed E-state index contributed by atoms with van der Waals surface area (Å²) in [5, 5.41) is 15.7. The molecule has 2 heterocycles. The van der Waals surface area contributed by atoms with Gasteiger partial charge in [-0.3, -0.25) is 9.67 Å². The van der Waals surface area contributed by atoms with Crippen LogP contribution in [0, 0.1) is 6.92 Å². The van der Waals surface area contributed by atoms with Crippen molar-refractivity contribution in [2.75, 3.05) is 0 Å². The van der Waals surface area contributed by atoms with Crippen LogP contribution < -0.4 is 5.73 Å². The average molecular weight is 231 g/mol. The predicted octanol–water partition coefficient (Wildman–Crippen LogP) is 0.729. The molecule has 0 aliphatic carbocycles. The lowest BCUT2D eigenvalue weighted by atomic mass is 10.2. The third-order valence-electron chi connectivity index (χ3n) is 2.46. The summed E-state index contributed by atoms with van der Waals surface area (Å²) in [6.07, 6.45) is 3.38. The second-order valence-corrected chi connectivity index (χ2v) is 3.66. The van der Waals surface area contributed by atoms with Crippen LogP contribution in [0.25, 0.3) is 0 Å². The lowest BCUT2D eigenvalue weighted by molar-refractivity contribution is 0.318. The Morgan fingerprint density at radius 2 is 2.29 bits per heavy atom. The number of nitrogens with two attached hydrogens (primary N) is 1. The van der Waals surface area contributed by atoms with Crippen LogP contribution in [0.4, 0.5) is 0 Å². The van der Waals surface area contributed by atoms with Crippen molar-refractivity contribution in [2.45, 2.75) is 13.5 Å². The SMILES string of the molecule is Cc1ccnn1Cc1ccnc(C(N)=NO)c1. The van der Waals surface area contributed by atoms with Gasteiger partial charge in [-0.2, -0.15) is 5.10 Å². The molecule has 0 amide bonds. The molecule has 0 spiro atoms. The quantitative estimate of drug-likeness (QED) is 0.352. The van der Waals surface area contributed by atoms with Gasteiger partial charge in [0.2, 0.25) is 0 Å². The molecule has 0 aliphatic heterocycles. The summed E-state index contributed by atoms with van der Waals surface area (Å²) in [7, 11) is 0. The maximum atomic E-state index is 8.59. The molecule has 0 fully saturated rings. The molecule has 0 unspecified atom stereocenters. The fraction of sp³-hybridized carbons (Fsp3) is 0.182. The van der Waals surface area contributed by atoms with Crippen LogP contribution in [0.15, 0.2) is 35.7 Å². The zero-order valence-electron chi connectivity index (χ0n) is 9.41. The molecule has 6 nitrogen and oxygen atoms in total. The number of nitrogens with zero attached hydrogens (tertiary/aromatic N) is 4. The van der Waals surface area contributed by atoms with Crippen molar-refractivity contribution >= 4 is 5.84 Å². The zero-order valence-corrected chi connectivity index (χ0v) is 9.41. The van der Waals surface area contributed by atoms with Crippen molar-refractivity contribution in [2.24, 2.45) is 10.9 Å². The number of rotatable bonds is 3. The Labute approximate surface area is 98.4 Å². The first-order chi connectivity index (χ1) is 8.20. The van der Waals surface area contributed by atoms with E-state index in [2.05, 4.69) is 15.2 Å². The van der Waals surface area contributed by atoms with E-state index in [-0.39, 0.29) is 5.84 Å². The van der Waals surface area contributed by atoms with Gasteiger partial charge >= 0.3 is 0 Å². The molecule has 0 bridgehead atoms. The number of aryl methyl sites for hydroxylation is 1. The van der Waals surface area contributed by atoms with Crippen molar-refractivity contribution in [1.29, 1.82) is 0 Å². The van der Waals surface area contributed by atoms with E-state index in [0.29, 0.717) is 12.2 Å². The summed E-state index contributed by atoms with van der Waals surface area (Å²) in [6, 6.07) is 5.58. The normalized spacial score (nSPS) is 11.7. The highest BCUT2D eigenvalue weighted by molar-refractivity contribution is 5.95. The van der Waals surface area contributed by atoms with E-state index < -0.39 is 0 Å². The van der Waals surface area contributed by atoms with Crippen molar-refractivity contribution in [3.63, 3.8) is 0 Å². The summed E-state index contributed by atoms with van der Waals surface area (Å²) in [5.74, 6) is 0.00374. The predicted molar refractivity (Wildman–Crippen MR) is 62.8 cm³/mol. The lowest BCUT2D eigenvalue weighted by Crippen LogP contribution is -2.15. The maximum Gasteiger partial charge on any atom is 0.188 e. The van der Waals surface area contributed by atoms with Gasteiger partial charge in [0.25, 0.3) is 0 Å². The van der Waals surface area contributed by atoms with E-state index in [1.807, 2.05) is 23.7 Å². The third-order valence-corrected chi connectivity index (χ3v) is 2.46. The van der Waals surface area contributed by atoms with Crippen LogP contribution in [0.5, 0.6) is 0 Å². The minimum absolute atomic E-state index is 0.00374. The minimum Gasteiger partial charge on any atom is -0.409 e. The number of oxime groups is 1. The maximum absolute atomic E-state index is 8.59. The third kappa shape index (κ3) is 2.41. The van der Waals surface area contributed by atoms with Crippen molar-refractivity contribution in [3.8, 4) is 0 Å². The van der Waals surface area contributed by atoms with Gasteiger partial charge in [-0.15, -0.1) is 0 Å². The lowest BCUT2D eigenvalue weighted by Gasteiger charge is -2.05. The summed E-state index contributed by atoms with van der Waals surface area (Å²) in [4.78, 5) is 4.02. The molecule has 2 aromatic heterocycles. The molecule has 2 rings (SSSR count). The molecule has 6 heteroatoms. The summed E-state index contributed by atoms with van der Waals surface area (Å²) >= 11 is 0. The monoisotopic (exact) mass is 231 g/mol. The molecule has 0 aromatic carbocycles. The molecule has 3 N–H and O–H groups in total. The fourth-order valence-electron chi connectivity index (χ4n) is 1.50. The van der Waals surface area contributed by atoms with E-state index in [1.54, 1.807) is 18.5 Å². The number of hydrogen-bond acceptors (Lipinski definition) is 4. The van der Waals surface area contributed by atoms with Crippen LogP contribution in [0.1, 0.15) is 17.0 Å². The first kappa shape index (κ1) is 11.1. The Morgan fingerprint density at radius 3 is 2.94 bits per heavy atom. The highest BCUT2D eigenvalue weighted by Crippen LogP contribution is 2.06. The van der Waals surface area contributed by atoms with Gasteiger partial charge < -0.3 is 10.9 Å². The van der Waals surface area contributed by atoms with Crippen molar-refractivity contribution in [1.82, 2.24) is 14.8 Å². The Balaban J connectivity index is 2.26. The van der Waals surface area contributed by atoms with E-state index in [1.165, 1.54) is 0 Å². The van der Waals surface area contributed by atoms with Gasteiger partial charge in [-0.05, 0) is 30.7 Å². The van der Waals surface area contributed by atoms with Gasteiger partial charge in [0.05, 0.1) is 6.54 Å². The molecule has 0 radical (unpaired) electrons. The van der Waals surface area contributed by atoms with Gasteiger partial charge in [-0.1, -0.05) is 5.16 Å². The number of amidine groups is 1. The Bertz CT molecular complexity index is 546. The van der Waals surface area contributed by atoms with E-state index in [4.69, 9.17) is 10.9 Å². The molecule has 2 aromatic rings. The van der Waals surface area contributed by atoms with Crippen LogP contribution in [0.3, 0.4) is 0 Å². The second kappa shape index (κ2) is 4.65. The topological polar surface area (TPSA) is 89.3 Å². The van der Waals surface area contributed by atoms with Gasteiger partial charge in [0, 0.05) is 18.1 Å². The van der Waals surface area contributed by atoms with E-state index >= 15 is 0 Å². The van der Waals surface area contributed by atoms with Crippen LogP contribution >= 0.6 is 0 Å².